The van der Waals surface area contributed by atoms with Crippen LogP contribution < -0.4 is 15.4 Å². The van der Waals surface area contributed by atoms with E-state index in [1.807, 2.05) is 19.2 Å². The van der Waals surface area contributed by atoms with Crippen LogP contribution in [0.4, 0.5) is 0 Å². The van der Waals surface area contributed by atoms with Gasteiger partial charge in [0.2, 0.25) is 0 Å². The molecule has 0 bridgehead atoms. The van der Waals surface area contributed by atoms with Crippen molar-refractivity contribution in [3.05, 3.63) is 59.5 Å². The van der Waals surface area contributed by atoms with Crippen molar-refractivity contribution < 1.29 is 28.8 Å². The summed E-state index contributed by atoms with van der Waals surface area (Å²) in [5, 5.41) is 16.8. The van der Waals surface area contributed by atoms with Gasteiger partial charge in [0.15, 0.2) is 6.10 Å². The Morgan fingerprint density at radius 2 is 1.86 bits per heavy atom. The third-order valence-electron chi connectivity index (χ3n) is 5.36. The molecule has 1 amide bonds. The molecule has 192 valence electrons. The summed E-state index contributed by atoms with van der Waals surface area (Å²) in [5.41, 5.74) is 1.27. The topological polar surface area (TPSA) is 98.3 Å². The summed E-state index contributed by atoms with van der Waals surface area (Å²) in [6.45, 7) is 1.64. The number of carbonyl (C=O) groups is 1. The zero-order valence-electron chi connectivity index (χ0n) is 19.1. The van der Waals surface area contributed by atoms with Gasteiger partial charge in [0, 0.05) is 11.0 Å². The number of halogens is 4. The van der Waals surface area contributed by atoms with Crippen molar-refractivity contribution in [1.29, 1.82) is 0 Å². The number of hydrogen-bond acceptors (Lipinski definition) is 7. The first-order valence-electron chi connectivity index (χ1n) is 10.8. The molecule has 0 unspecified atom stereocenters. The molecule has 0 saturated carbocycles. The molecule has 0 radical (unpaired) electrons. The highest BCUT2D eigenvalue weighted by Crippen LogP contribution is 2.43. The molecule has 0 saturated heterocycles. The quantitative estimate of drug-likeness (QED) is 0.298. The van der Waals surface area contributed by atoms with Gasteiger partial charge in [-0.1, -0.05) is 15.9 Å². The van der Waals surface area contributed by atoms with Crippen LogP contribution in [0.25, 0.3) is 0 Å². The number of aliphatic hydroxyl groups excluding tert-OH is 1. The number of likely N-dealkylation sites (N-methyl/N-ethyl adjacent to an activating group) is 1. The number of benzene rings is 1. The number of aliphatic hydroxyl groups is 1. The van der Waals surface area contributed by atoms with Crippen molar-refractivity contribution >= 4 is 69.6 Å². The summed E-state index contributed by atoms with van der Waals surface area (Å²) in [6, 6.07) is 4.07. The van der Waals surface area contributed by atoms with Gasteiger partial charge in [0.25, 0.3) is 11.7 Å². The van der Waals surface area contributed by atoms with E-state index in [1.54, 1.807) is 0 Å². The van der Waals surface area contributed by atoms with Crippen LogP contribution in [-0.2, 0) is 25.4 Å². The summed E-state index contributed by atoms with van der Waals surface area (Å²) >= 11 is 13.9. The van der Waals surface area contributed by atoms with Crippen molar-refractivity contribution in [2.24, 2.45) is 0 Å². The minimum Gasteiger partial charge on any atom is -0.495 e. The Hall–Kier alpha value is -1.05. The number of allylic oxidation sites excluding steroid dienone is 1. The Morgan fingerprint density at radius 1 is 1.17 bits per heavy atom. The number of hydrogen-bond donors (Lipinski definition) is 3. The molecule has 2 aliphatic heterocycles. The van der Waals surface area contributed by atoms with Gasteiger partial charge in [0.05, 0.1) is 45.4 Å². The van der Waals surface area contributed by atoms with Crippen LogP contribution in [0.5, 0.6) is 5.75 Å². The average Bonchev–Trinajstić information content (AvgIpc) is 3.06. The molecule has 0 aliphatic carbocycles. The van der Waals surface area contributed by atoms with Gasteiger partial charge in [-0.2, -0.15) is 0 Å². The third kappa shape index (κ3) is 6.84. The highest BCUT2D eigenvalue weighted by molar-refractivity contribution is 9.12. The van der Waals surface area contributed by atoms with Crippen LogP contribution in [0.1, 0.15) is 18.4 Å². The number of amides is 1. The molecule has 1 aromatic carbocycles. The minimum absolute atomic E-state index is 0.0826. The molecule has 0 aromatic heterocycles. The molecule has 3 N–H and O–H groups in total. The maximum Gasteiger partial charge on any atom is 0.284 e. The Bertz CT molecular complexity index is 1020. The first-order valence-corrected chi connectivity index (χ1v) is 14.0. The van der Waals surface area contributed by atoms with E-state index in [-0.39, 0.29) is 12.0 Å². The number of nitrogens with one attached hydrogen (secondary N) is 2. The fourth-order valence-electron chi connectivity index (χ4n) is 3.53. The summed E-state index contributed by atoms with van der Waals surface area (Å²) in [5.74, 6) is -0.672. The van der Waals surface area contributed by atoms with Crippen LogP contribution >= 0.6 is 63.7 Å². The minimum atomic E-state index is -1.47. The molecule has 8 nitrogen and oxygen atoms in total. The van der Waals surface area contributed by atoms with E-state index in [1.165, 1.54) is 25.2 Å². The summed E-state index contributed by atoms with van der Waals surface area (Å²) in [4.78, 5) is 12.7. The van der Waals surface area contributed by atoms with Crippen molar-refractivity contribution in [2.45, 2.75) is 31.2 Å². The largest absolute Gasteiger partial charge is 0.495 e. The predicted molar refractivity (Wildman–Crippen MR) is 146 cm³/mol. The van der Waals surface area contributed by atoms with E-state index in [0.29, 0.717) is 40.0 Å². The van der Waals surface area contributed by atoms with Gasteiger partial charge in [-0.3, -0.25) is 4.79 Å². The normalized spacial score (nSPS) is 21.6. The first-order chi connectivity index (χ1) is 16.7. The Labute approximate surface area is 238 Å². The molecule has 3 rings (SSSR count). The Balaban J connectivity index is 1.49. The van der Waals surface area contributed by atoms with Crippen LogP contribution in [0.15, 0.2) is 53.9 Å². The Kier molecular flexibility index (Phi) is 10.6. The van der Waals surface area contributed by atoms with E-state index in [0.717, 1.165) is 21.9 Å². The summed E-state index contributed by atoms with van der Waals surface area (Å²) in [6.07, 6.45) is 2.94. The fraction of sp³-hybridized carbons (Fsp3) is 0.435. The van der Waals surface area contributed by atoms with Crippen molar-refractivity contribution in [3.63, 3.8) is 0 Å². The van der Waals surface area contributed by atoms with Gasteiger partial charge in [-0.25, -0.2) is 0 Å². The second-order valence-electron chi connectivity index (χ2n) is 7.80. The molecule has 2 heterocycles. The molecule has 35 heavy (non-hydrogen) atoms. The zero-order chi connectivity index (χ0) is 25.6. The van der Waals surface area contributed by atoms with Crippen LogP contribution in [0, 0.1) is 0 Å². The lowest BCUT2D eigenvalue weighted by atomic mass is 10.0. The van der Waals surface area contributed by atoms with Gasteiger partial charge in [-0.15, -0.1) is 0 Å². The fourth-order valence-corrected chi connectivity index (χ4v) is 6.57. The monoisotopic (exact) mass is 742 g/mol. The number of methoxy groups -OCH3 is 1. The van der Waals surface area contributed by atoms with Gasteiger partial charge >= 0.3 is 0 Å². The highest BCUT2D eigenvalue weighted by atomic mass is 79.9. The van der Waals surface area contributed by atoms with Gasteiger partial charge in [0.1, 0.15) is 17.8 Å². The molecule has 1 spiro atoms. The molecule has 0 fully saturated rings. The van der Waals surface area contributed by atoms with Crippen molar-refractivity contribution in [2.75, 3.05) is 33.9 Å². The second kappa shape index (κ2) is 13.0. The first kappa shape index (κ1) is 28.5. The maximum atomic E-state index is 12.7. The second-order valence-corrected chi connectivity index (χ2v) is 11.3. The smallest absolute Gasteiger partial charge is 0.284 e. The van der Waals surface area contributed by atoms with Gasteiger partial charge in [-0.05, 0) is 91.9 Å². The van der Waals surface area contributed by atoms with Gasteiger partial charge < -0.3 is 34.7 Å². The number of rotatable bonds is 10. The number of carbonyl (C=O) groups excluding carboxylic acids is 1. The molecule has 1 aromatic rings. The molecular formula is C23H26Br4N2O6. The standard InChI is InChI=1S/C23H26Br4N2O6/c1-28-6-4-13-8-15(24)20(16(25)9-13)33-7-3-5-29-22(31)14-11-34-23(21(14)30)10-17(26)19(32-2)18(27)12-35-23/h8-9,11-12,21,28,30H,3-7,10H2,1-2H3,(H,29,31)/t21-,23+/m0/s1. The van der Waals surface area contributed by atoms with Crippen LogP contribution in [0.2, 0.25) is 0 Å². The van der Waals surface area contributed by atoms with Crippen molar-refractivity contribution in [3.8, 4) is 5.75 Å². The van der Waals surface area contributed by atoms with E-state index >= 15 is 0 Å². The highest BCUT2D eigenvalue weighted by Gasteiger charge is 2.51. The third-order valence-corrected chi connectivity index (χ3v) is 7.73. The molecule has 2 aliphatic rings. The summed E-state index contributed by atoms with van der Waals surface area (Å²) in [7, 11) is 3.44. The average molecular weight is 746 g/mol. The molecule has 12 heteroatoms. The van der Waals surface area contributed by atoms with E-state index in [9.17, 15) is 9.90 Å². The van der Waals surface area contributed by atoms with Crippen molar-refractivity contribution in [1.82, 2.24) is 10.6 Å². The SMILES string of the molecule is CNCCc1cc(Br)c(OCCCNC(=O)C2=CO[C@@]3(CC(Br)=C(OC)C(Br)=CO3)[C@H]2O)c(Br)c1. The van der Waals surface area contributed by atoms with Crippen LogP contribution in [-0.4, -0.2) is 56.8 Å². The zero-order valence-corrected chi connectivity index (χ0v) is 25.5. The molecular weight excluding hydrogens is 720 g/mol. The Morgan fingerprint density at radius 3 is 2.51 bits per heavy atom. The van der Waals surface area contributed by atoms with E-state index in [4.69, 9.17) is 18.9 Å². The number of ether oxygens (including phenoxy) is 4. The van der Waals surface area contributed by atoms with Crippen LogP contribution in [0.3, 0.4) is 0 Å². The lowest BCUT2D eigenvalue weighted by Crippen LogP contribution is -2.45. The lowest BCUT2D eigenvalue weighted by molar-refractivity contribution is -0.202. The van der Waals surface area contributed by atoms with E-state index < -0.39 is 17.8 Å². The lowest BCUT2D eigenvalue weighted by Gasteiger charge is -2.30. The maximum absolute atomic E-state index is 12.7. The predicted octanol–water partition coefficient (Wildman–Crippen LogP) is 4.74. The summed E-state index contributed by atoms with van der Waals surface area (Å²) < 4.78 is 25.5. The molecule has 2 atom stereocenters. The van der Waals surface area contributed by atoms with E-state index in [2.05, 4.69) is 74.4 Å².